The Morgan fingerprint density at radius 3 is 2.48 bits per heavy atom. The molecule has 8 atom stereocenters. The summed E-state index contributed by atoms with van der Waals surface area (Å²) < 4.78 is 23.8. The number of phenolic OH excluding ortho intramolecular Hbond substituents is 1. The molecule has 0 aromatic heterocycles. The van der Waals surface area contributed by atoms with Crippen molar-refractivity contribution in [2.24, 2.45) is 5.92 Å². The molecule has 8 heteroatoms. The lowest BCUT2D eigenvalue weighted by atomic mass is 9.53. The van der Waals surface area contributed by atoms with Crippen molar-refractivity contribution in [1.29, 1.82) is 0 Å². The van der Waals surface area contributed by atoms with Crippen LogP contribution in [0.2, 0.25) is 0 Å². The summed E-state index contributed by atoms with van der Waals surface area (Å²) in [4.78, 5) is 4.91. The Morgan fingerprint density at radius 2 is 1.66 bits per heavy atom. The van der Waals surface area contributed by atoms with Crippen LogP contribution < -0.4 is 14.2 Å². The highest BCUT2D eigenvalue weighted by molar-refractivity contribution is 5.68. The number of allylic oxidation sites excluding steroid dienone is 2. The second-order valence-electron chi connectivity index (χ2n) is 13.9. The van der Waals surface area contributed by atoms with Gasteiger partial charge in [0, 0.05) is 34.5 Å². The van der Waals surface area contributed by atoms with Crippen LogP contribution in [0.5, 0.6) is 23.0 Å². The molecule has 8 aliphatic rings. The van der Waals surface area contributed by atoms with Crippen molar-refractivity contribution < 1.29 is 29.2 Å². The third-order valence-electron chi connectivity index (χ3n) is 12.3. The Hall–Kier alpha value is -3.46. The number of aromatic hydroxyl groups is 1. The standard InChI is InChI=1S/C19H21NO3.C17H19NO3/c1-20-9-8-19-12-5-7-15(22-3)18(19)23-17-14(21-2)6-4-11(16(17)19)10-13(12)20;1-18-7-6-17-10-3-5-13(20)16(17)21-15-12(19)4-2-9(14(15)17)8-11(10)18/h4-7,13,18H,8-10H2,1-3H3;2-5,10-11,13,16,19-20H,6-8H2,1H3/t13-,18+,19+;10-,11+,13-,16-,17-/m10/s1. The van der Waals surface area contributed by atoms with Gasteiger partial charge in [0.25, 0.3) is 0 Å². The van der Waals surface area contributed by atoms with Gasteiger partial charge in [0.05, 0.1) is 19.6 Å². The SMILES string of the molecule is CN1CC[C@]23c4c5ccc(O)c4O[C@H]2[C@@H](O)C=C[C@H]3[C@H]1C5.COC1=CC=C2[C@H]3Cc4ccc(OC)c5c4[C@@]2(CCN3C)[C@H]1O5. The van der Waals surface area contributed by atoms with E-state index in [1.54, 1.807) is 20.3 Å². The second kappa shape index (κ2) is 9.05. The van der Waals surface area contributed by atoms with E-state index in [0.717, 1.165) is 56.0 Å². The highest BCUT2D eigenvalue weighted by atomic mass is 16.6. The number of piperidine rings is 2. The molecule has 4 aliphatic carbocycles. The predicted octanol–water partition coefficient (Wildman–Crippen LogP) is 3.62. The van der Waals surface area contributed by atoms with Crippen molar-refractivity contribution >= 4 is 0 Å². The minimum atomic E-state index is -0.594. The molecule has 2 aromatic rings. The van der Waals surface area contributed by atoms with Gasteiger partial charge in [0.1, 0.15) is 18.0 Å². The van der Waals surface area contributed by atoms with E-state index in [1.165, 1.54) is 27.8 Å². The molecule has 2 spiro atoms. The number of benzene rings is 2. The average molecular weight is 597 g/mol. The van der Waals surface area contributed by atoms with E-state index in [-0.39, 0.29) is 28.8 Å². The zero-order valence-electron chi connectivity index (χ0n) is 25.7. The Balaban J connectivity index is 0.000000123. The van der Waals surface area contributed by atoms with Gasteiger partial charge in [-0.15, -0.1) is 0 Å². The van der Waals surface area contributed by atoms with Gasteiger partial charge in [-0.25, -0.2) is 0 Å². The van der Waals surface area contributed by atoms with Gasteiger partial charge in [0.2, 0.25) is 0 Å². The summed E-state index contributed by atoms with van der Waals surface area (Å²) in [5, 5.41) is 20.6. The third kappa shape index (κ3) is 3.09. The number of hydrogen-bond donors (Lipinski definition) is 2. The largest absolute Gasteiger partial charge is 0.504 e. The van der Waals surface area contributed by atoms with Gasteiger partial charge in [-0.3, -0.25) is 4.90 Å². The number of aliphatic hydroxyl groups excluding tert-OH is 1. The maximum Gasteiger partial charge on any atom is 0.169 e. The van der Waals surface area contributed by atoms with Crippen LogP contribution in [0.15, 0.2) is 59.9 Å². The zero-order chi connectivity index (χ0) is 30.1. The van der Waals surface area contributed by atoms with E-state index in [2.05, 4.69) is 48.2 Å². The predicted molar refractivity (Wildman–Crippen MR) is 165 cm³/mol. The maximum absolute atomic E-state index is 10.4. The molecule has 2 fully saturated rings. The maximum atomic E-state index is 10.4. The fourth-order valence-corrected chi connectivity index (χ4v) is 10.3. The summed E-state index contributed by atoms with van der Waals surface area (Å²) in [7, 11) is 7.87. The minimum absolute atomic E-state index is 0.0611. The summed E-state index contributed by atoms with van der Waals surface area (Å²) in [5.41, 5.74) is 6.44. The van der Waals surface area contributed by atoms with Crippen LogP contribution in [0.25, 0.3) is 0 Å². The van der Waals surface area contributed by atoms with Crippen molar-refractivity contribution in [2.75, 3.05) is 41.4 Å². The van der Waals surface area contributed by atoms with Crippen LogP contribution in [0, 0.1) is 5.92 Å². The summed E-state index contributed by atoms with van der Waals surface area (Å²) in [6.07, 6.45) is 11.6. The number of likely N-dealkylation sites (N-methyl/N-ethyl adjacent to an activating group) is 2. The fraction of sp³-hybridized carbons (Fsp3) is 0.500. The Bertz CT molecular complexity index is 1680. The number of phenols is 1. The molecule has 4 heterocycles. The highest BCUT2D eigenvalue weighted by Gasteiger charge is 2.64. The first kappa shape index (κ1) is 26.9. The third-order valence-corrected chi connectivity index (χ3v) is 12.3. The first-order chi connectivity index (χ1) is 21.3. The molecular weight excluding hydrogens is 556 g/mol. The Labute approximate surface area is 258 Å². The molecule has 2 aromatic carbocycles. The number of rotatable bonds is 2. The van der Waals surface area contributed by atoms with Gasteiger partial charge in [0.15, 0.2) is 29.1 Å². The van der Waals surface area contributed by atoms with Gasteiger partial charge >= 0.3 is 0 Å². The Morgan fingerprint density at radius 1 is 0.864 bits per heavy atom. The quantitative estimate of drug-likeness (QED) is 0.509. The molecule has 230 valence electrons. The number of nitrogens with zero attached hydrogens (tertiary/aromatic N) is 2. The van der Waals surface area contributed by atoms with Crippen molar-refractivity contribution in [2.45, 2.75) is 66.9 Å². The van der Waals surface area contributed by atoms with Gasteiger partial charge < -0.3 is 34.1 Å². The van der Waals surface area contributed by atoms with Gasteiger partial charge in [-0.05, 0) is 87.8 Å². The molecule has 4 bridgehead atoms. The van der Waals surface area contributed by atoms with Crippen molar-refractivity contribution in [3.8, 4) is 23.0 Å². The van der Waals surface area contributed by atoms with Crippen molar-refractivity contribution in [1.82, 2.24) is 9.80 Å². The number of aliphatic hydroxyl groups is 1. The number of methoxy groups -OCH3 is 2. The summed E-state index contributed by atoms with van der Waals surface area (Å²) in [6, 6.07) is 8.95. The molecule has 0 unspecified atom stereocenters. The minimum Gasteiger partial charge on any atom is -0.504 e. The van der Waals surface area contributed by atoms with E-state index < -0.39 is 6.10 Å². The molecule has 10 rings (SSSR count). The lowest BCUT2D eigenvalue weighted by molar-refractivity contribution is -0.0453. The summed E-state index contributed by atoms with van der Waals surface area (Å²) in [6.45, 7) is 2.09. The smallest absolute Gasteiger partial charge is 0.169 e. The van der Waals surface area contributed by atoms with Crippen LogP contribution >= 0.6 is 0 Å². The van der Waals surface area contributed by atoms with Gasteiger partial charge in [-0.1, -0.05) is 30.4 Å². The highest BCUT2D eigenvalue weighted by Crippen LogP contribution is 2.63. The molecule has 0 amide bonds. The van der Waals surface area contributed by atoms with E-state index in [0.29, 0.717) is 23.8 Å². The fourth-order valence-electron chi connectivity index (χ4n) is 10.3. The molecule has 8 nitrogen and oxygen atoms in total. The van der Waals surface area contributed by atoms with Crippen molar-refractivity contribution in [3.05, 3.63) is 82.2 Å². The van der Waals surface area contributed by atoms with Crippen LogP contribution in [0.3, 0.4) is 0 Å². The van der Waals surface area contributed by atoms with E-state index >= 15 is 0 Å². The van der Waals surface area contributed by atoms with E-state index in [1.807, 2.05) is 18.2 Å². The monoisotopic (exact) mass is 596 g/mol. The Kier molecular flexibility index (Phi) is 5.54. The number of likely N-dealkylation sites (tertiary alicyclic amines) is 2. The van der Waals surface area contributed by atoms with Gasteiger partial charge in [-0.2, -0.15) is 0 Å². The van der Waals surface area contributed by atoms with E-state index in [4.69, 9.17) is 18.9 Å². The van der Waals surface area contributed by atoms with Crippen LogP contribution in [-0.4, -0.2) is 91.8 Å². The molecule has 0 saturated carbocycles. The van der Waals surface area contributed by atoms with Crippen LogP contribution in [0.4, 0.5) is 0 Å². The van der Waals surface area contributed by atoms with Crippen LogP contribution in [-0.2, 0) is 28.4 Å². The molecule has 2 N–H and O–H groups in total. The lowest BCUT2D eigenvalue weighted by Gasteiger charge is -2.56. The molecule has 2 saturated heterocycles. The molecule has 0 radical (unpaired) electrons. The van der Waals surface area contributed by atoms with Crippen LogP contribution in [0.1, 0.15) is 35.1 Å². The number of ether oxygens (including phenoxy) is 4. The molecular formula is C36H40N2O6. The van der Waals surface area contributed by atoms with Crippen molar-refractivity contribution in [3.63, 3.8) is 0 Å². The normalized spacial score (nSPS) is 37.8. The lowest BCUT2D eigenvalue weighted by Crippen LogP contribution is -2.64. The second-order valence-corrected chi connectivity index (χ2v) is 13.9. The summed E-state index contributed by atoms with van der Waals surface area (Å²) in [5.74, 6) is 3.87. The summed E-state index contributed by atoms with van der Waals surface area (Å²) >= 11 is 0. The number of hydrogen-bond acceptors (Lipinski definition) is 8. The molecule has 4 aliphatic heterocycles. The average Bonchev–Trinajstić information content (AvgIpc) is 3.57. The topological polar surface area (TPSA) is 83.9 Å². The first-order valence-electron chi connectivity index (χ1n) is 16.0. The molecule has 44 heavy (non-hydrogen) atoms. The van der Waals surface area contributed by atoms with E-state index in [9.17, 15) is 10.2 Å². The zero-order valence-corrected chi connectivity index (χ0v) is 25.7. The first-order valence-corrected chi connectivity index (χ1v) is 16.0.